The molecule has 0 aromatic rings. The molecule has 18 nitrogen and oxygen atoms in total. The Bertz CT molecular complexity index is 1780. The van der Waals surface area contributed by atoms with E-state index < -0.39 is 87.8 Å². The summed E-state index contributed by atoms with van der Waals surface area (Å²) in [4.78, 5) is 45.2. The van der Waals surface area contributed by atoms with Crippen LogP contribution in [0.4, 0.5) is 9.59 Å². The highest BCUT2D eigenvalue weighted by molar-refractivity contribution is 6.89. The fourth-order valence-corrected chi connectivity index (χ4v) is 51.8. The molecule has 27 heteroatoms. The first-order chi connectivity index (χ1) is 37.9. The molecule has 0 heterocycles. The zero-order chi connectivity index (χ0) is 64.8. The Morgan fingerprint density at radius 3 is 0.976 bits per heavy atom. The average Bonchev–Trinajstić information content (AvgIpc) is 3.32. The van der Waals surface area contributed by atoms with Gasteiger partial charge in [0.15, 0.2) is 49.9 Å². The minimum atomic E-state index is -2.25. The van der Waals surface area contributed by atoms with Crippen LogP contribution in [0.3, 0.4) is 0 Å². The predicted octanol–water partition coefficient (Wildman–Crippen LogP) is 15.1. The van der Waals surface area contributed by atoms with Crippen LogP contribution in [0.25, 0.3) is 0 Å². The maximum Gasteiger partial charge on any atom is 0.513 e. The van der Waals surface area contributed by atoms with Crippen LogP contribution in [0.15, 0.2) is 49.9 Å². The molecule has 488 valence electrons. The first-order valence-electron chi connectivity index (χ1n) is 30.2. The van der Waals surface area contributed by atoms with Gasteiger partial charge < -0.3 is 59.0 Å². The van der Waals surface area contributed by atoms with Crippen molar-refractivity contribution < 1.29 is 67.6 Å². The van der Waals surface area contributed by atoms with Gasteiger partial charge in [-0.15, -0.1) is 0 Å². The maximum atomic E-state index is 11.6. The molecule has 0 aromatic heterocycles. The van der Waals surface area contributed by atoms with E-state index in [1.165, 1.54) is 44.0 Å². The summed E-state index contributed by atoms with van der Waals surface area (Å²) in [7, 11) is -17.2. The van der Waals surface area contributed by atoms with Gasteiger partial charge in [0.25, 0.3) is 0 Å². The van der Waals surface area contributed by atoms with E-state index in [1.807, 2.05) is 0 Å². The van der Waals surface area contributed by atoms with Crippen molar-refractivity contribution in [2.75, 3.05) is 52.7 Å². The number of rotatable bonds is 44. The Morgan fingerprint density at radius 1 is 0.410 bits per heavy atom. The lowest BCUT2D eigenvalue weighted by molar-refractivity contribution is -0.118. The molecular formula is C56H123N3O15Si9. The number of unbranched alkanes of at least 4 members (excludes halogenated alkanes) is 2. The van der Waals surface area contributed by atoms with Crippen LogP contribution >= 0.6 is 0 Å². The molecule has 3 N–H and O–H groups in total. The van der Waals surface area contributed by atoms with Crippen LogP contribution in [0.5, 0.6) is 0 Å². The van der Waals surface area contributed by atoms with E-state index >= 15 is 0 Å². The molecule has 0 aliphatic rings. The maximum absolute atomic E-state index is 11.6. The number of carbonyl (C=O) groups is 4. The highest BCUT2D eigenvalue weighted by atomic mass is 28.5. The molecule has 0 aliphatic carbocycles. The summed E-state index contributed by atoms with van der Waals surface area (Å²) >= 11 is 0. The fraction of sp³-hybridized carbons (Fsp3) is 0.786. The zero-order valence-corrected chi connectivity index (χ0v) is 65.7. The van der Waals surface area contributed by atoms with Crippen molar-refractivity contribution in [2.24, 2.45) is 0 Å². The molecule has 0 aliphatic heterocycles. The number of hydrogen-bond donors (Lipinski definition) is 3. The molecule has 0 atom stereocenters. The number of nitrogens with one attached hydrogen (secondary N) is 3. The second-order valence-corrected chi connectivity index (χ2v) is 63.6. The third-order valence-corrected chi connectivity index (χ3v) is 46.5. The van der Waals surface area contributed by atoms with Crippen molar-refractivity contribution in [1.29, 1.82) is 0 Å². The number of ether oxygens (including phenoxy) is 5. The zero-order valence-electron chi connectivity index (χ0n) is 56.7. The van der Waals surface area contributed by atoms with Crippen molar-refractivity contribution in [3.05, 3.63) is 49.9 Å². The first-order valence-corrected chi connectivity index (χ1v) is 57.3. The molecule has 0 saturated heterocycles. The van der Waals surface area contributed by atoms with Gasteiger partial charge in [0.2, 0.25) is 11.8 Å². The Balaban J connectivity index is -0.00000116. The number of alkyl carbamates (subject to hydrolysis) is 1. The Labute approximate surface area is 516 Å². The van der Waals surface area contributed by atoms with E-state index in [0.717, 1.165) is 56.1 Å². The first kappa shape index (κ1) is 85.3. The normalized spacial score (nSPS) is 12.6. The van der Waals surface area contributed by atoms with Gasteiger partial charge in [0, 0.05) is 37.4 Å². The fourth-order valence-electron chi connectivity index (χ4n) is 9.31. The molecule has 0 rings (SSSR count). The van der Waals surface area contributed by atoms with Crippen molar-refractivity contribution in [3.8, 4) is 0 Å². The summed E-state index contributed by atoms with van der Waals surface area (Å²) in [5, 5.41) is 8.11. The quantitative estimate of drug-likeness (QED) is 0.0171. The molecule has 0 fully saturated rings. The van der Waals surface area contributed by atoms with Gasteiger partial charge >= 0.3 is 37.9 Å². The van der Waals surface area contributed by atoms with Gasteiger partial charge in [-0.2, -0.15) is 0 Å². The SMILES string of the molecule is C=C(C)C(=O)NCCC[Si](C)(C)O[Si](C)(C)O[Si](C)(C)CCCNC(=O)C(=C)C.C=CNC(=O)OCCOCCC[Si](C)(C)O[Si](C)(C)O[Si](C)(C)CCCC.C=COC(=O)OCCOCCC[Si](C)(C)O[Si](C)(C)O[Si](C)(C)CCCC. The van der Waals surface area contributed by atoms with Crippen molar-refractivity contribution in [3.63, 3.8) is 0 Å². The molecule has 0 spiro atoms. The second-order valence-electron chi connectivity index (χ2n) is 26.2. The van der Waals surface area contributed by atoms with Gasteiger partial charge in [-0.25, -0.2) is 9.59 Å². The lowest BCUT2D eigenvalue weighted by Gasteiger charge is -2.39. The van der Waals surface area contributed by atoms with E-state index in [9.17, 15) is 19.2 Å². The summed E-state index contributed by atoms with van der Waals surface area (Å²) in [6.07, 6.45) is 9.62. The smallest absolute Gasteiger partial charge is 0.447 e. The van der Waals surface area contributed by atoms with Crippen LogP contribution < -0.4 is 16.0 Å². The number of amides is 3. The van der Waals surface area contributed by atoms with E-state index in [-0.39, 0.29) is 25.0 Å². The van der Waals surface area contributed by atoms with Crippen LogP contribution in [-0.4, -0.2) is 152 Å². The van der Waals surface area contributed by atoms with Gasteiger partial charge in [-0.3, -0.25) is 14.9 Å². The highest BCUT2D eigenvalue weighted by Gasteiger charge is 2.42. The minimum Gasteiger partial charge on any atom is -0.447 e. The second kappa shape index (κ2) is 42.9. The van der Waals surface area contributed by atoms with Crippen LogP contribution in [0.2, 0.25) is 154 Å². The third kappa shape index (κ3) is 52.9. The average molecular weight is 1330 g/mol. The standard InChI is InChI=1S/C20H42N2O4Si3.C18H41NO5Si3.C18H40O6Si3/c1-17(2)19(23)21-13-11-15-27(5,6)25-29(9,10)26-28(7,8)16-12-14-22-20(24)18(3)4;1-9-11-16-25(3,4)23-27(7,8)24-26(5,6)17-12-13-21-14-15-22-18(20)19-10-2;1-9-11-16-25(3,4)23-27(7,8)24-26(5,6)17-12-13-20-14-15-22-18(19)21-10-2/h1,3,11-16H2,2,4-10H3,(H,21,23)(H,22,24);10H,2,9,11-17H2,1,3-8H3,(H,19,20);10H,2,9,11-17H2,1,3-8H3. The van der Waals surface area contributed by atoms with Gasteiger partial charge in [0.05, 0.1) is 19.5 Å². The predicted molar refractivity (Wildman–Crippen MR) is 366 cm³/mol. The van der Waals surface area contributed by atoms with Crippen molar-refractivity contribution in [2.45, 2.75) is 233 Å². The molecule has 0 radical (unpaired) electrons. The van der Waals surface area contributed by atoms with Crippen LogP contribution in [0, 0.1) is 0 Å². The third-order valence-electron chi connectivity index (χ3n) is 12.1. The molecule has 0 saturated carbocycles. The topological polar surface area (TPSA) is 206 Å². The monoisotopic (exact) mass is 1330 g/mol. The van der Waals surface area contributed by atoms with Crippen molar-refractivity contribution >= 4 is 99.7 Å². The van der Waals surface area contributed by atoms with Gasteiger partial charge in [-0.1, -0.05) is 65.8 Å². The lowest BCUT2D eigenvalue weighted by atomic mass is 10.3. The molecule has 0 unspecified atom stereocenters. The highest BCUT2D eigenvalue weighted by Crippen LogP contribution is 2.29. The van der Waals surface area contributed by atoms with E-state index in [2.05, 4.69) is 179 Å². The van der Waals surface area contributed by atoms with Gasteiger partial charge in [0.1, 0.15) is 13.2 Å². The lowest BCUT2D eigenvalue weighted by Crippen LogP contribution is -2.52. The van der Waals surface area contributed by atoms with Gasteiger partial charge in [-0.05, 0) is 200 Å². The minimum absolute atomic E-state index is 0.0874. The number of carbonyl (C=O) groups excluding carboxylic acids is 4. The number of hydrogen-bond acceptors (Lipinski definition) is 15. The molecule has 0 aromatic carbocycles. The van der Waals surface area contributed by atoms with E-state index in [4.69, 9.17) is 43.6 Å². The van der Waals surface area contributed by atoms with E-state index in [1.54, 1.807) is 13.8 Å². The van der Waals surface area contributed by atoms with E-state index in [0.29, 0.717) is 50.7 Å². The molecule has 0 bridgehead atoms. The Morgan fingerprint density at radius 2 is 0.699 bits per heavy atom. The largest absolute Gasteiger partial charge is 0.513 e. The summed E-state index contributed by atoms with van der Waals surface area (Å²) in [5.41, 5.74) is 1.07. The van der Waals surface area contributed by atoms with Crippen LogP contribution in [0.1, 0.15) is 79.1 Å². The van der Waals surface area contributed by atoms with Crippen molar-refractivity contribution in [1.82, 2.24) is 16.0 Å². The Hall–Kier alpha value is -1.93. The summed E-state index contributed by atoms with van der Waals surface area (Å²) in [6, 6.07) is 6.38. The summed E-state index contributed by atoms with van der Waals surface area (Å²) < 4.78 is 64.6. The summed E-state index contributed by atoms with van der Waals surface area (Å²) in [5.74, 6) is -0.175. The molecular weight excluding hydrogens is 1210 g/mol. The Kier molecular flexibility index (Phi) is 44.0. The molecule has 83 heavy (non-hydrogen) atoms. The van der Waals surface area contributed by atoms with Crippen LogP contribution in [-0.2, 0) is 58.0 Å². The molecule has 3 amide bonds. The summed E-state index contributed by atoms with van der Waals surface area (Å²) in [6.45, 7) is 65.6.